The number of nitrogens with one attached hydrogen (secondary N) is 1. The summed E-state index contributed by atoms with van der Waals surface area (Å²) in [6, 6.07) is 0. The molecule has 0 saturated carbocycles. The largest absolute Gasteiger partial charge is 0.351 e. The number of carbonyl (C=O) groups is 1. The van der Waals surface area contributed by atoms with Crippen molar-refractivity contribution in [3.63, 3.8) is 0 Å². The molecule has 18 heavy (non-hydrogen) atoms. The van der Waals surface area contributed by atoms with Crippen molar-refractivity contribution in [3.8, 4) is 0 Å². The van der Waals surface area contributed by atoms with Gasteiger partial charge in [0.2, 0.25) is 5.91 Å². The van der Waals surface area contributed by atoms with E-state index in [1.807, 2.05) is 27.1 Å². The van der Waals surface area contributed by atoms with Crippen molar-refractivity contribution in [2.24, 2.45) is 18.2 Å². The molecular weight excluding hydrogens is 252 g/mol. The highest BCUT2D eigenvalue weighted by atomic mass is 35.5. The van der Waals surface area contributed by atoms with Gasteiger partial charge in [0.25, 0.3) is 0 Å². The zero-order valence-corrected chi connectivity index (χ0v) is 12.1. The minimum Gasteiger partial charge on any atom is -0.351 e. The van der Waals surface area contributed by atoms with Crippen LogP contribution in [0.1, 0.15) is 32.3 Å². The van der Waals surface area contributed by atoms with Gasteiger partial charge in [-0.1, -0.05) is 13.8 Å². The highest BCUT2D eigenvalue weighted by Gasteiger charge is 2.32. The lowest BCUT2D eigenvalue weighted by atomic mass is 9.81. The number of nitrogens with two attached hydrogens (primary N) is 1. The maximum atomic E-state index is 12.1. The third-order valence-electron chi connectivity index (χ3n) is 3.44. The summed E-state index contributed by atoms with van der Waals surface area (Å²) in [5, 5.41) is 6.99. The Balaban J connectivity index is 0.00000289. The molecule has 6 heteroatoms. The summed E-state index contributed by atoms with van der Waals surface area (Å²) in [4.78, 5) is 12.1. The first-order valence-corrected chi connectivity index (χ1v) is 6.04. The normalized spacial score (nSPS) is 10.9. The summed E-state index contributed by atoms with van der Waals surface area (Å²) in [6.07, 6.45) is 5.17. The molecule has 1 aromatic heterocycles. The van der Waals surface area contributed by atoms with Crippen LogP contribution < -0.4 is 11.1 Å². The van der Waals surface area contributed by atoms with E-state index >= 15 is 0 Å². The second-order valence-electron chi connectivity index (χ2n) is 4.40. The Morgan fingerprint density at radius 1 is 1.50 bits per heavy atom. The van der Waals surface area contributed by atoms with Crippen LogP contribution in [0.2, 0.25) is 0 Å². The summed E-state index contributed by atoms with van der Waals surface area (Å²) >= 11 is 0. The van der Waals surface area contributed by atoms with E-state index in [-0.39, 0.29) is 18.3 Å². The van der Waals surface area contributed by atoms with Crippen molar-refractivity contribution < 1.29 is 4.79 Å². The van der Waals surface area contributed by atoms with E-state index < -0.39 is 5.41 Å². The molecule has 0 aromatic carbocycles. The molecule has 0 aliphatic carbocycles. The summed E-state index contributed by atoms with van der Waals surface area (Å²) in [5.41, 5.74) is 6.30. The number of aryl methyl sites for hydroxylation is 1. The Labute approximate surface area is 115 Å². The molecule has 0 spiro atoms. The van der Waals surface area contributed by atoms with Gasteiger partial charge in [0, 0.05) is 31.9 Å². The van der Waals surface area contributed by atoms with Gasteiger partial charge in [-0.05, 0) is 12.8 Å². The van der Waals surface area contributed by atoms with Crippen LogP contribution in [0.25, 0.3) is 0 Å². The van der Waals surface area contributed by atoms with Crippen LogP contribution in [0.15, 0.2) is 12.4 Å². The van der Waals surface area contributed by atoms with Crippen molar-refractivity contribution in [3.05, 3.63) is 18.0 Å². The number of hydrogen-bond acceptors (Lipinski definition) is 3. The maximum absolute atomic E-state index is 12.1. The molecular formula is C12H23ClN4O. The number of hydrogen-bond donors (Lipinski definition) is 2. The quantitative estimate of drug-likeness (QED) is 0.819. The number of amides is 1. The van der Waals surface area contributed by atoms with Crippen LogP contribution in [0.5, 0.6) is 0 Å². The van der Waals surface area contributed by atoms with Gasteiger partial charge in [-0.2, -0.15) is 5.10 Å². The van der Waals surface area contributed by atoms with Gasteiger partial charge in [-0.3, -0.25) is 9.48 Å². The topological polar surface area (TPSA) is 72.9 Å². The molecule has 0 fully saturated rings. The van der Waals surface area contributed by atoms with Crippen LogP contribution >= 0.6 is 12.4 Å². The average molecular weight is 275 g/mol. The molecule has 0 bridgehead atoms. The summed E-state index contributed by atoms with van der Waals surface area (Å²) < 4.78 is 1.72. The second kappa shape index (κ2) is 7.38. The van der Waals surface area contributed by atoms with Crippen molar-refractivity contribution in [2.45, 2.75) is 33.2 Å². The van der Waals surface area contributed by atoms with E-state index in [1.165, 1.54) is 0 Å². The molecule has 1 amide bonds. The number of aromatic nitrogens is 2. The fourth-order valence-corrected chi connectivity index (χ4v) is 1.89. The lowest BCUT2D eigenvalue weighted by Gasteiger charge is -2.28. The molecule has 0 radical (unpaired) electrons. The Morgan fingerprint density at radius 2 is 2.11 bits per heavy atom. The van der Waals surface area contributed by atoms with E-state index in [1.54, 1.807) is 10.9 Å². The molecule has 1 rings (SSSR count). The molecule has 1 aromatic rings. The van der Waals surface area contributed by atoms with E-state index in [0.29, 0.717) is 13.1 Å². The maximum Gasteiger partial charge on any atom is 0.227 e. The van der Waals surface area contributed by atoms with Gasteiger partial charge >= 0.3 is 0 Å². The SMILES string of the molecule is CCC(CC)(CN)C(=O)NCc1cnn(C)c1.Cl. The Morgan fingerprint density at radius 3 is 2.50 bits per heavy atom. The predicted octanol–water partition coefficient (Wildman–Crippen LogP) is 1.22. The molecule has 104 valence electrons. The van der Waals surface area contributed by atoms with E-state index in [9.17, 15) is 4.79 Å². The third-order valence-corrected chi connectivity index (χ3v) is 3.44. The molecule has 0 saturated heterocycles. The lowest BCUT2D eigenvalue weighted by molar-refractivity contribution is -0.131. The van der Waals surface area contributed by atoms with E-state index in [4.69, 9.17) is 5.73 Å². The van der Waals surface area contributed by atoms with Crippen molar-refractivity contribution in [1.82, 2.24) is 15.1 Å². The fourth-order valence-electron chi connectivity index (χ4n) is 1.89. The van der Waals surface area contributed by atoms with Crippen molar-refractivity contribution in [1.29, 1.82) is 0 Å². The minimum atomic E-state index is -0.428. The summed E-state index contributed by atoms with van der Waals surface area (Å²) in [5.74, 6) is 0.0360. The highest BCUT2D eigenvalue weighted by molar-refractivity contribution is 5.85. The Hall–Kier alpha value is -1.07. The van der Waals surface area contributed by atoms with Crippen LogP contribution in [-0.4, -0.2) is 22.2 Å². The lowest BCUT2D eigenvalue weighted by Crippen LogP contribution is -2.44. The monoisotopic (exact) mass is 274 g/mol. The molecule has 3 N–H and O–H groups in total. The predicted molar refractivity (Wildman–Crippen MR) is 74.4 cm³/mol. The van der Waals surface area contributed by atoms with Gasteiger partial charge in [0.1, 0.15) is 0 Å². The first-order chi connectivity index (χ1) is 8.07. The van der Waals surface area contributed by atoms with Gasteiger partial charge in [0.05, 0.1) is 11.6 Å². The van der Waals surface area contributed by atoms with Crippen LogP contribution in [-0.2, 0) is 18.4 Å². The average Bonchev–Trinajstić information content (AvgIpc) is 2.75. The first kappa shape index (κ1) is 16.9. The number of rotatable bonds is 6. The molecule has 5 nitrogen and oxygen atoms in total. The van der Waals surface area contributed by atoms with Crippen LogP contribution in [0, 0.1) is 5.41 Å². The number of carbonyl (C=O) groups excluding carboxylic acids is 1. The third kappa shape index (κ3) is 3.71. The van der Waals surface area contributed by atoms with Gasteiger partial charge in [-0.25, -0.2) is 0 Å². The second-order valence-corrected chi connectivity index (χ2v) is 4.40. The highest BCUT2D eigenvalue weighted by Crippen LogP contribution is 2.24. The molecule has 0 atom stereocenters. The standard InChI is InChI=1S/C12H22N4O.ClH/c1-4-12(5-2,9-13)11(17)14-6-10-7-15-16(3)8-10;/h7-8H,4-6,9,13H2,1-3H3,(H,14,17);1H. The summed E-state index contributed by atoms with van der Waals surface area (Å²) in [6.45, 7) is 4.90. The smallest absolute Gasteiger partial charge is 0.227 e. The zero-order chi connectivity index (χ0) is 12.9. The summed E-state index contributed by atoms with van der Waals surface area (Å²) in [7, 11) is 1.85. The Bertz CT molecular complexity index is 366. The van der Waals surface area contributed by atoms with Crippen molar-refractivity contribution >= 4 is 18.3 Å². The van der Waals surface area contributed by atoms with Gasteiger partial charge in [0.15, 0.2) is 0 Å². The van der Waals surface area contributed by atoms with Gasteiger partial charge < -0.3 is 11.1 Å². The molecule has 0 unspecified atom stereocenters. The molecule has 1 heterocycles. The van der Waals surface area contributed by atoms with Crippen LogP contribution in [0.3, 0.4) is 0 Å². The molecule has 0 aliphatic heterocycles. The van der Waals surface area contributed by atoms with Crippen LogP contribution in [0.4, 0.5) is 0 Å². The first-order valence-electron chi connectivity index (χ1n) is 6.04. The van der Waals surface area contributed by atoms with Gasteiger partial charge in [-0.15, -0.1) is 12.4 Å². The molecule has 0 aliphatic rings. The van der Waals surface area contributed by atoms with E-state index in [0.717, 1.165) is 18.4 Å². The zero-order valence-electron chi connectivity index (χ0n) is 11.3. The number of nitrogens with zero attached hydrogens (tertiary/aromatic N) is 2. The van der Waals surface area contributed by atoms with Crippen molar-refractivity contribution in [2.75, 3.05) is 6.54 Å². The minimum absolute atomic E-state index is 0. The number of halogens is 1. The fraction of sp³-hybridized carbons (Fsp3) is 0.667. The Kier molecular flexibility index (Phi) is 6.94. The van der Waals surface area contributed by atoms with E-state index in [2.05, 4.69) is 10.4 Å².